The summed E-state index contributed by atoms with van der Waals surface area (Å²) in [4.78, 5) is 0. The van der Waals surface area contributed by atoms with Crippen LogP contribution in [0.2, 0.25) is 0 Å². The fraction of sp³-hybridized carbons (Fsp3) is 0.190. The van der Waals surface area contributed by atoms with Crippen molar-refractivity contribution >= 4 is 5.71 Å². The Kier molecular flexibility index (Phi) is 4.96. The summed E-state index contributed by atoms with van der Waals surface area (Å²) in [6, 6.07) is 14.2. The Morgan fingerprint density at radius 3 is 2.36 bits per heavy atom. The van der Waals surface area contributed by atoms with Gasteiger partial charge in [0, 0.05) is 11.3 Å². The van der Waals surface area contributed by atoms with Crippen molar-refractivity contribution in [1.82, 2.24) is 0 Å². The van der Waals surface area contributed by atoms with E-state index in [1.165, 1.54) is 11.1 Å². The second kappa shape index (κ2) is 6.91. The highest BCUT2D eigenvalue weighted by Gasteiger charge is 2.06. The highest BCUT2D eigenvalue weighted by atomic mass is 14.4. The molecular formula is C21H21N. The molecule has 0 unspecified atom stereocenters. The molecule has 2 aromatic carbocycles. The summed E-state index contributed by atoms with van der Waals surface area (Å²) in [5.74, 6) is 2.63. The van der Waals surface area contributed by atoms with Crippen molar-refractivity contribution in [2.24, 2.45) is 0 Å². The normalized spacial score (nSPS) is 10.0. The van der Waals surface area contributed by atoms with E-state index < -0.39 is 0 Å². The third kappa shape index (κ3) is 3.74. The summed E-state index contributed by atoms with van der Waals surface area (Å²) in [6.07, 6.45) is 7.00. The second-order valence-electron chi connectivity index (χ2n) is 5.69. The Labute approximate surface area is 133 Å². The molecule has 0 fully saturated rings. The van der Waals surface area contributed by atoms with Crippen LogP contribution in [0, 0.1) is 24.7 Å². The van der Waals surface area contributed by atoms with Crippen LogP contribution in [0.25, 0.3) is 11.1 Å². The van der Waals surface area contributed by atoms with Crippen LogP contribution in [0.3, 0.4) is 0 Å². The predicted molar refractivity (Wildman–Crippen MR) is 95.4 cm³/mol. The van der Waals surface area contributed by atoms with E-state index in [0.29, 0.717) is 5.71 Å². The van der Waals surface area contributed by atoms with Gasteiger partial charge in [-0.2, -0.15) is 0 Å². The lowest BCUT2D eigenvalue weighted by atomic mass is 9.95. The minimum absolute atomic E-state index is 0.667. The summed E-state index contributed by atoms with van der Waals surface area (Å²) in [7, 11) is 0. The number of hydrogen-bond acceptors (Lipinski definition) is 1. The van der Waals surface area contributed by atoms with Crippen LogP contribution in [0.15, 0.2) is 54.6 Å². The van der Waals surface area contributed by atoms with Gasteiger partial charge in [0.15, 0.2) is 0 Å². The SMILES string of the molecule is C#Cc1ccc(-c2ccc(C(=N)CCC(=C)C)cc2C)cc1. The van der Waals surface area contributed by atoms with Crippen molar-refractivity contribution in [3.63, 3.8) is 0 Å². The molecule has 22 heavy (non-hydrogen) atoms. The minimum Gasteiger partial charge on any atom is -0.305 e. The zero-order valence-corrected chi connectivity index (χ0v) is 13.2. The Hall–Kier alpha value is -2.59. The van der Waals surface area contributed by atoms with Gasteiger partial charge in [-0.05, 0) is 67.1 Å². The maximum Gasteiger partial charge on any atom is 0.0389 e. The smallest absolute Gasteiger partial charge is 0.0389 e. The van der Waals surface area contributed by atoms with Crippen LogP contribution in [-0.4, -0.2) is 5.71 Å². The molecular weight excluding hydrogens is 266 g/mol. The Morgan fingerprint density at radius 2 is 1.82 bits per heavy atom. The van der Waals surface area contributed by atoms with Crippen molar-refractivity contribution in [1.29, 1.82) is 5.41 Å². The molecule has 1 nitrogen and oxygen atoms in total. The van der Waals surface area contributed by atoms with Gasteiger partial charge < -0.3 is 5.41 Å². The van der Waals surface area contributed by atoms with Crippen LogP contribution >= 0.6 is 0 Å². The fourth-order valence-corrected chi connectivity index (χ4v) is 2.40. The largest absolute Gasteiger partial charge is 0.305 e. The van der Waals surface area contributed by atoms with Gasteiger partial charge in [-0.3, -0.25) is 0 Å². The summed E-state index contributed by atoms with van der Waals surface area (Å²) in [5, 5.41) is 8.18. The lowest BCUT2D eigenvalue weighted by Crippen LogP contribution is -2.00. The van der Waals surface area contributed by atoms with E-state index in [4.69, 9.17) is 11.8 Å². The molecule has 0 atom stereocenters. The average molecular weight is 287 g/mol. The first-order valence-electron chi connectivity index (χ1n) is 7.41. The minimum atomic E-state index is 0.667. The van der Waals surface area contributed by atoms with Crippen molar-refractivity contribution in [2.75, 3.05) is 0 Å². The quantitative estimate of drug-likeness (QED) is 0.434. The predicted octanol–water partition coefficient (Wildman–Crippen LogP) is 5.37. The van der Waals surface area contributed by atoms with Gasteiger partial charge in [0.2, 0.25) is 0 Å². The Balaban J connectivity index is 2.24. The molecule has 0 aliphatic carbocycles. The molecule has 2 aromatic rings. The lowest BCUT2D eigenvalue weighted by molar-refractivity contribution is 1.01. The molecule has 1 heteroatoms. The molecule has 0 spiro atoms. The van der Waals surface area contributed by atoms with E-state index in [2.05, 4.69) is 31.6 Å². The Morgan fingerprint density at radius 1 is 1.14 bits per heavy atom. The van der Waals surface area contributed by atoms with E-state index in [1.807, 2.05) is 37.3 Å². The first-order valence-corrected chi connectivity index (χ1v) is 7.41. The van der Waals surface area contributed by atoms with Crippen molar-refractivity contribution in [2.45, 2.75) is 26.7 Å². The third-order valence-electron chi connectivity index (χ3n) is 3.74. The van der Waals surface area contributed by atoms with Gasteiger partial charge in [0.1, 0.15) is 0 Å². The van der Waals surface area contributed by atoms with Crippen molar-refractivity contribution in [3.05, 3.63) is 71.3 Å². The molecule has 2 rings (SSSR count). The molecule has 0 bridgehead atoms. The highest BCUT2D eigenvalue weighted by molar-refractivity contribution is 5.99. The zero-order valence-electron chi connectivity index (χ0n) is 13.2. The number of hydrogen-bond donors (Lipinski definition) is 1. The summed E-state index contributed by atoms with van der Waals surface area (Å²) >= 11 is 0. The van der Waals surface area contributed by atoms with Gasteiger partial charge in [-0.15, -0.1) is 13.0 Å². The molecule has 0 radical (unpaired) electrons. The van der Waals surface area contributed by atoms with E-state index in [0.717, 1.165) is 35.1 Å². The number of benzene rings is 2. The van der Waals surface area contributed by atoms with Gasteiger partial charge in [-0.1, -0.05) is 35.8 Å². The number of terminal acetylenes is 1. The maximum atomic E-state index is 8.18. The van der Waals surface area contributed by atoms with Crippen molar-refractivity contribution < 1.29 is 0 Å². The van der Waals surface area contributed by atoms with E-state index in [9.17, 15) is 0 Å². The van der Waals surface area contributed by atoms with Crippen LogP contribution < -0.4 is 0 Å². The number of nitrogens with one attached hydrogen (secondary N) is 1. The van der Waals surface area contributed by atoms with Crippen LogP contribution in [0.5, 0.6) is 0 Å². The highest BCUT2D eigenvalue weighted by Crippen LogP contribution is 2.25. The molecule has 0 amide bonds. The first kappa shape index (κ1) is 15.8. The molecule has 0 heterocycles. The standard InChI is InChI=1S/C21H21N/c1-5-17-7-9-18(10-8-17)20-12-11-19(14-16(20)4)21(22)13-6-15(2)3/h1,7-12,14,22H,2,6,13H2,3-4H3. The molecule has 0 aliphatic rings. The molecule has 1 N–H and O–H groups in total. The fourth-order valence-electron chi connectivity index (χ4n) is 2.40. The van der Waals surface area contributed by atoms with Crippen molar-refractivity contribution in [3.8, 4) is 23.5 Å². The monoisotopic (exact) mass is 287 g/mol. The molecule has 0 aliphatic heterocycles. The molecule has 0 saturated heterocycles. The Bertz CT molecular complexity index is 742. The van der Waals surface area contributed by atoms with Gasteiger partial charge in [0.05, 0.1) is 0 Å². The molecule has 110 valence electrons. The van der Waals surface area contributed by atoms with Gasteiger partial charge >= 0.3 is 0 Å². The first-order chi connectivity index (χ1) is 10.5. The average Bonchev–Trinajstić information content (AvgIpc) is 2.52. The molecule has 0 saturated carbocycles. The summed E-state index contributed by atoms with van der Waals surface area (Å²) < 4.78 is 0. The van der Waals surface area contributed by atoms with Crippen LogP contribution in [-0.2, 0) is 0 Å². The third-order valence-corrected chi connectivity index (χ3v) is 3.74. The van der Waals surface area contributed by atoms with Crippen LogP contribution in [0.1, 0.15) is 36.5 Å². The second-order valence-corrected chi connectivity index (χ2v) is 5.69. The number of rotatable bonds is 5. The number of allylic oxidation sites excluding steroid dienone is 1. The van der Waals surface area contributed by atoms with E-state index in [-0.39, 0.29) is 0 Å². The summed E-state index contributed by atoms with van der Waals surface area (Å²) in [5.41, 5.74) is 7.16. The van der Waals surface area contributed by atoms with Gasteiger partial charge in [-0.25, -0.2) is 0 Å². The lowest BCUT2D eigenvalue weighted by Gasteiger charge is -2.10. The topological polar surface area (TPSA) is 23.9 Å². The zero-order chi connectivity index (χ0) is 16.1. The maximum absolute atomic E-state index is 8.18. The summed E-state index contributed by atoms with van der Waals surface area (Å²) in [6.45, 7) is 7.98. The van der Waals surface area contributed by atoms with E-state index >= 15 is 0 Å². The van der Waals surface area contributed by atoms with E-state index in [1.54, 1.807) is 0 Å². The van der Waals surface area contributed by atoms with Gasteiger partial charge in [0.25, 0.3) is 0 Å². The van der Waals surface area contributed by atoms with Crippen LogP contribution in [0.4, 0.5) is 0 Å². The molecule has 0 aromatic heterocycles. The number of aryl methyl sites for hydroxylation is 1.